The summed E-state index contributed by atoms with van der Waals surface area (Å²) in [6, 6.07) is 8.16. The molecule has 1 aliphatic heterocycles. The molecule has 0 bridgehead atoms. The molecule has 3 heterocycles. The Hall–Kier alpha value is -3.56. The van der Waals surface area contributed by atoms with Crippen molar-refractivity contribution in [1.29, 1.82) is 0 Å². The molecule has 1 aromatic carbocycles. The Balaban J connectivity index is 1.60. The molecule has 0 saturated heterocycles. The first-order valence-corrected chi connectivity index (χ1v) is 9.94. The average molecular weight is 409 g/mol. The van der Waals surface area contributed by atoms with Gasteiger partial charge in [0.25, 0.3) is 0 Å². The van der Waals surface area contributed by atoms with Crippen LogP contribution in [0.15, 0.2) is 41.7 Å². The fourth-order valence-corrected chi connectivity index (χ4v) is 3.90. The van der Waals surface area contributed by atoms with Crippen molar-refractivity contribution in [1.82, 2.24) is 24.3 Å². The van der Waals surface area contributed by atoms with E-state index in [0.717, 1.165) is 12.8 Å². The minimum atomic E-state index is -0.608. The molecule has 0 aliphatic carbocycles. The maximum absolute atomic E-state index is 13.0. The number of fused-ring (bicyclic) bond motifs is 1. The highest BCUT2D eigenvalue weighted by atomic mass is 16.6. The average Bonchev–Trinajstić information content (AvgIpc) is 3.14. The topological polar surface area (TPSA) is 112 Å². The molecular formula is C20H23N7O3. The Morgan fingerprint density at radius 1 is 1.13 bits per heavy atom. The molecule has 10 nitrogen and oxygen atoms in total. The van der Waals surface area contributed by atoms with Gasteiger partial charge >= 0.3 is 11.2 Å². The molecule has 0 N–H and O–H groups in total. The first-order chi connectivity index (χ1) is 14.5. The van der Waals surface area contributed by atoms with Gasteiger partial charge in [-0.15, -0.1) is 0 Å². The van der Waals surface area contributed by atoms with Crippen LogP contribution in [-0.4, -0.2) is 42.3 Å². The van der Waals surface area contributed by atoms with Crippen LogP contribution in [0.1, 0.15) is 23.4 Å². The van der Waals surface area contributed by atoms with E-state index in [-0.39, 0.29) is 5.82 Å². The summed E-state index contributed by atoms with van der Waals surface area (Å²) in [7, 11) is 0. The van der Waals surface area contributed by atoms with E-state index in [1.54, 1.807) is 17.9 Å². The summed E-state index contributed by atoms with van der Waals surface area (Å²) in [4.78, 5) is 34.5. The Morgan fingerprint density at radius 3 is 2.43 bits per heavy atom. The Labute approximate surface area is 173 Å². The second-order valence-corrected chi connectivity index (χ2v) is 7.31. The fraction of sp³-hybridized carbons (Fsp3) is 0.400. The van der Waals surface area contributed by atoms with Crippen LogP contribution in [-0.2, 0) is 25.9 Å². The summed E-state index contributed by atoms with van der Waals surface area (Å²) in [5.74, 6) is 0.642. The predicted molar refractivity (Wildman–Crippen MR) is 111 cm³/mol. The molecule has 2 aromatic heterocycles. The van der Waals surface area contributed by atoms with Crippen LogP contribution in [0, 0.1) is 17.0 Å². The smallest absolute Gasteiger partial charge is 0.350 e. The number of benzene rings is 1. The van der Waals surface area contributed by atoms with Crippen molar-refractivity contribution in [3.05, 3.63) is 74.3 Å². The van der Waals surface area contributed by atoms with Crippen LogP contribution in [0.25, 0.3) is 0 Å². The second kappa shape index (κ2) is 8.44. The Morgan fingerprint density at radius 2 is 1.83 bits per heavy atom. The summed E-state index contributed by atoms with van der Waals surface area (Å²) < 4.78 is 3.04. The molecule has 0 unspecified atom stereocenters. The third-order valence-electron chi connectivity index (χ3n) is 5.46. The fourth-order valence-electron chi connectivity index (χ4n) is 3.90. The van der Waals surface area contributed by atoms with Crippen molar-refractivity contribution in [3.63, 3.8) is 0 Å². The lowest BCUT2D eigenvalue weighted by atomic mass is 10.0. The molecule has 30 heavy (non-hydrogen) atoms. The first kappa shape index (κ1) is 19.7. The Kier molecular flexibility index (Phi) is 5.55. The van der Waals surface area contributed by atoms with Crippen LogP contribution in [0.2, 0.25) is 0 Å². The predicted octanol–water partition coefficient (Wildman–Crippen LogP) is 1.75. The van der Waals surface area contributed by atoms with Gasteiger partial charge in [-0.25, -0.2) is 9.97 Å². The summed E-state index contributed by atoms with van der Waals surface area (Å²) in [6.07, 6.45) is 5.14. The summed E-state index contributed by atoms with van der Waals surface area (Å²) in [6.45, 7) is 3.77. The molecule has 1 aliphatic rings. The summed E-state index contributed by atoms with van der Waals surface area (Å²) >= 11 is 0. The zero-order valence-electron chi connectivity index (χ0n) is 16.8. The van der Waals surface area contributed by atoms with Crippen molar-refractivity contribution in [2.24, 2.45) is 0 Å². The standard InChI is InChI=1S/C20H23N7O3/c1-15-23-19(24-11-7-16-5-2-3-6-17(16)8-12-24)18(27(29)30)20(28)26(15)10-4-9-25-14-21-13-22-25/h2-3,5-6,13-14H,4,7-12H2,1H3. The lowest BCUT2D eigenvalue weighted by molar-refractivity contribution is -0.386. The monoisotopic (exact) mass is 409 g/mol. The van der Waals surface area contributed by atoms with Gasteiger partial charge in [-0.05, 0) is 37.3 Å². The molecular weight excluding hydrogens is 386 g/mol. The minimum Gasteiger partial charge on any atom is -0.350 e. The number of rotatable bonds is 6. The van der Waals surface area contributed by atoms with E-state index in [4.69, 9.17) is 0 Å². The highest BCUT2D eigenvalue weighted by Crippen LogP contribution is 2.26. The highest BCUT2D eigenvalue weighted by Gasteiger charge is 2.29. The quantitative estimate of drug-likeness (QED) is 0.450. The molecule has 4 rings (SSSR count). The van der Waals surface area contributed by atoms with Gasteiger partial charge in [0.05, 0.1) is 4.92 Å². The van der Waals surface area contributed by atoms with Gasteiger partial charge in [0.2, 0.25) is 5.82 Å². The summed E-state index contributed by atoms with van der Waals surface area (Å²) in [5, 5.41) is 15.8. The van der Waals surface area contributed by atoms with Gasteiger partial charge < -0.3 is 4.90 Å². The molecule has 0 fully saturated rings. The van der Waals surface area contributed by atoms with Crippen LogP contribution >= 0.6 is 0 Å². The van der Waals surface area contributed by atoms with Crippen molar-refractivity contribution in [2.45, 2.75) is 39.3 Å². The van der Waals surface area contributed by atoms with E-state index < -0.39 is 16.2 Å². The Bertz CT molecular complexity index is 1080. The van der Waals surface area contributed by atoms with Crippen LogP contribution in [0.3, 0.4) is 0 Å². The van der Waals surface area contributed by atoms with Gasteiger partial charge in [-0.2, -0.15) is 5.10 Å². The third kappa shape index (κ3) is 3.93. The highest BCUT2D eigenvalue weighted by molar-refractivity contribution is 5.57. The van der Waals surface area contributed by atoms with E-state index in [1.807, 2.05) is 17.0 Å². The molecule has 0 amide bonds. The zero-order chi connectivity index (χ0) is 21.1. The van der Waals surface area contributed by atoms with Gasteiger partial charge in [0, 0.05) is 26.2 Å². The van der Waals surface area contributed by atoms with Crippen LogP contribution in [0.4, 0.5) is 11.5 Å². The molecule has 156 valence electrons. The number of nitrogens with zero attached hydrogens (tertiary/aromatic N) is 7. The van der Waals surface area contributed by atoms with E-state index in [2.05, 4.69) is 27.2 Å². The molecule has 0 spiro atoms. The second-order valence-electron chi connectivity index (χ2n) is 7.31. The number of anilines is 1. The summed E-state index contributed by atoms with van der Waals surface area (Å²) in [5.41, 5.74) is 1.41. The first-order valence-electron chi connectivity index (χ1n) is 9.94. The van der Waals surface area contributed by atoms with Crippen molar-refractivity contribution in [2.75, 3.05) is 18.0 Å². The zero-order valence-corrected chi connectivity index (χ0v) is 16.8. The number of aromatic nitrogens is 5. The molecule has 0 saturated carbocycles. The maximum atomic E-state index is 13.0. The number of hydrogen-bond acceptors (Lipinski definition) is 7. The largest absolute Gasteiger partial charge is 0.376 e. The van der Waals surface area contributed by atoms with Gasteiger partial charge in [0.1, 0.15) is 18.5 Å². The number of nitro groups is 1. The van der Waals surface area contributed by atoms with E-state index in [0.29, 0.717) is 38.4 Å². The molecule has 0 atom stereocenters. The van der Waals surface area contributed by atoms with Gasteiger partial charge in [-0.3, -0.25) is 24.2 Å². The van der Waals surface area contributed by atoms with E-state index in [9.17, 15) is 14.9 Å². The lowest BCUT2D eigenvalue weighted by Gasteiger charge is -2.22. The van der Waals surface area contributed by atoms with Crippen molar-refractivity contribution >= 4 is 11.5 Å². The maximum Gasteiger partial charge on any atom is 0.376 e. The third-order valence-corrected chi connectivity index (χ3v) is 5.46. The van der Waals surface area contributed by atoms with Crippen LogP contribution in [0.5, 0.6) is 0 Å². The molecule has 10 heteroatoms. The van der Waals surface area contributed by atoms with E-state index >= 15 is 0 Å². The SMILES string of the molecule is Cc1nc(N2CCc3ccccc3CC2)c([N+](=O)[O-])c(=O)n1CCCn1cncn1. The van der Waals surface area contributed by atoms with Gasteiger partial charge in [0.15, 0.2) is 0 Å². The van der Waals surface area contributed by atoms with Crippen molar-refractivity contribution in [3.8, 4) is 0 Å². The molecule has 3 aromatic rings. The number of hydrogen-bond donors (Lipinski definition) is 0. The molecule has 0 radical (unpaired) electrons. The van der Waals surface area contributed by atoms with Gasteiger partial charge in [-0.1, -0.05) is 24.3 Å². The van der Waals surface area contributed by atoms with Crippen molar-refractivity contribution < 1.29 is 4.92 Å². The minimum absolute atomic E-state index is 0.169. The normalized spacial score (nSPS) is 13.7. The van der Waals surface area contributed by atoms with E-state index in [1.165, 1.54) is 22.0 Å². The van der Waals surface area contributed by atoms with Crippen LogP contribution < -0.4 is 10.5 Å². The lowest BCUT2D eigenvalue weighted by Crippen LogP contribution is -2.34. The number of aryl methyl sites for hydroxylation is 2.